The van der Waals surface area contributed by atoms with E-state index in [2.05, 4.69) is 61.0 Å². The molecule has 3 aromatic heterocycles. The summed E-state index contributed by atoms with van der Waals surface area (Å²) in [5.41, 5.74) is 3.19. The number of ether oxygens (including phenoxy) is 1. The third-order valence-corrected chi connectivity index (χ3v) is 5.06. The van der Waals surface area contributed by atoms with Crippen molar-refractivity contribution >= 4 is 27.5 Å². The van der Waals surface area contributed by atoms with Crippen molar-refractivity contribution in [2.75, 3.05) is 31.2 Å². The Morgan fingerprint density at radius 2 is 1.89 bits per heavy atom. The Morgan fingerprint density at radius 1 is 1.04 bits per heavy atom. The van der Waals surface area contributed by atoms with Crippen LogP contribution in [0.2, 0.25) is 0 Å². The van der Waals surface area contributed by atoms with Gasteiger partial charge in [0.25, 0.3) is 5.78 Å². The minimum atomic E-state index is 0.507. The summed E-state index contributed by atoms with van der Waals surface area (Å²) in [6.07, 6.45) is 1.92. The molecule has 4 heterocycles. The number of anilines is 1. The first-order valence-electron chi connectivity index (χ1n) is 9.06. The monoisotopic (exact) mass is 439 g/mol. The van der Waals surface area contributed by atoms with Crippen LogP contribution < -0.4 is 4.90 Å². The van der Waals surface area contributed by atoms with Gasteiger partial charge in [-0.25, -0.2) is 4.68 Å². The van der Waals surface area contributed by atoms with Gasteiger partial charge in [-0.1, -0.05) is 23.8 Å². The lowest BCUT2D eigenvalue weighted by Crippen LogP contribution is -2.37. The number of fused-ring (bicyclic) bond motifs is 1. The highest BCUT2D eigenvalue weighted by Crippen LogP contribution is 2.23. The van der Waals surface area contributed by atoms with Crippen LogP contribution in [0.4, 0.5) is 5.82 Å². The Bertz CT molecular complexity index is 1150. The molecule has 1 aliphatic rings. The third kappa shape index (κ3) is 3.16. The summed E-state index contributed by atoms with van der Waals surface area (Å²) in [4.78, 5) is 11.3. The zero-order chi connectivity index (χ0) is 19.1. The molecule has 1 aromatic carbocycles. The van der Waals surface area contributed by atoms with Crippen molar-refractivity contribution in [3.05, 3.63) is 52.9 Å². The quantitative estimate of drug-likeness (QED) is 0.488. The second kappa shape index (κ2) is 6.99. The van der Waals surface area contributed by atoms with Crippen LogP contribution in [0.15, 0.2) is 47.3 Å². The molecule has 0 amide bonds. The molecule has 1 aliphatic heterocycles. The summed E-state index contributed by atoms with van der Waals surface area (Å²) in [5.74, 6) is 2.15. The van der Waals surface area contributed by atoms with Gasteiger partial charge < -0.3 is 9.64 Å². The fourth-order valence-corrected chi connectivity index (χ4v) is 3.68. The van der Waals surface area contributed by atoms with Crippen LogP contribution in [-0.2, 0) is 4.74 Å². The van der Waals surface area contributed by atoms with Crippen molar-refractivity contribution in [2.24, 2.45) is 0 Å². The molecule has 0 bridgehead atoms. The highest BCUT2D eigenvalue weighted by atomic mass is 79.9. The van der Waals surface area contributed by atoms with Crippen molar-refractivity contribution in [1.29, 1.82) is 0 Å². The van der Waals surface area contributed by atoms with Crippen LogP contribution in [0.25, 0.3) is 22.9 Å². The first-order chi connectivity index (χ1) is 13.7. The third-order valence-electron chi connectivity index (χ3n) is 4.73. The van der Waals surface area contributed by atoms with E-state index in [1.54, 1.807) is 9.20 Å². The lowest BCUT2D eigenvalue weighted by atomic mass is 10.1. The van der Waals surface area contributed by atoms with Gasteiger partial charge in [-0.15, -0.1) is 5.10 Å². The summed E-state index contributed by atoms with van der Waals surface area (Å²) in [6, 6.07) is 12.3. The van der Waals surface area contributed by atoms with E-state index in [0.717, 1.165) is 30.2 Å². The minimum Gasteiger partial charge on any atom is -0.378 e. The molecule has 28 heavy (non-hydrogen) atoms. The first-order valence-corrected chi connectivity index (χ1v) is 9.86. The van der Waals surface area contributed by atoms with Crippen LogP contribution in [-0.4, -0.2) is 55.7 Å². The van der Waals surface area contributed by atoms with Gasteiger partial charge in [-0.3, -0.25) is 0 Å². The highest BCUT2D eigenvalue weighted by Gasteiger charge is 2.19. The Kier molecular flexibility index (Phi) is 4.33. The lowest BCUT2D eigenvalue weighted by molar-refractivity contribution is 0.122. The maximum Gasteiger partial charge on any atom is 0.257 e. The molecule has 1 saturated heterocycles. The minimum absolute atomic E-state index is 0.507. The van der Waals surface area contributed by atoms with Crippen LogP contribution in [0.3, 0.4) is 0 Å². The highest BCUT2D eigenvalue weighted by molar-refractivity contribution is 9.10. The van der Waals surface area contributed by atoms with Gasteiger partial charge in [-0.2, -0.15) is 19.6 Å². The van der Waals surface area contributed by atoms with Gasteiger partial charge in [0, 0.05) is 30.9 Å². The van der Waals surface area contributed by atoms with Gasteiger partial charge >= 0.3 is 0 Å². The first kappa shape index (κ1) is 17.3. The lowest BCUT2D eigenvalue weighted by Gasteiger charge is -2.28. The summed E-state index contributed by atoms with van der Waals surface area (Å²) in [7, 11) is 0. The molecule has 0 aliphatic carbocycles. The van der Waals surface area contributed by atoms with Gasteiger partial charge in [0.2, 0.25) is 4.73 Å². The molecule has 1 fully saturated rings. The largest absolute Gasteiger partial charge is 0.378 e. The summed E-state index contributed by atoms with van der Waals surface area (Å²) < 4.78 is 9.53. The number of aromatic nitrogens is 6. The Morgan fingerprint density at radius 3 is 2.71 bits per heavy atom. The number of morpholine rings is 1. The number of aryl methyl sites for hydroxylation is 1. The standard InChI is InChI=1S/C19H18BrN7O/c1-13-3-2-4-14(11-13)15-5-6-26(23-15)16-12-17(25-7-9-28-10-8-25)27-19(21-16)22-18(20)24-27/h2-6,11-12H,7-10H2,1H3. The second-order valence-corrected chi connectivity index (χ2v) is 7.39. The summed E-state index contributed by atoms with van der Waals surface area (Å²) in [5, 5.41) is 9.17. The molecule has 0 atom stereocenters. The maximum absolute atomic E-state index is 5.49. The SMILES string of the molecule is Cc1cccc(-c2ccn(-c3cc(N4CCOCC4)n4nc(Br)nc4n3)n2)c1. The molecule has 142 valence electrons. The van der Waals surface area contributed by atoms with Crippen LogP contribution in [0.1, 0.15) is 5.56 Å². The normalized spacial score (nSPS) is 14.7. The van der Waals surface area contributed by atoms with Crippen molar-refractivity contribution in [3.8, 4) is 17.1 Å². The molecule has 0 radical (unpaired) electrons. The van der Waals surface area contributed by atoms with E-state index in [1.807, 2.05) is 24.4 Å². The molecular weight excluding hydrogens is 422 g/mol. The number of hydrogen-bond acceptors (Lipinski definition) is 6. The fourth-order valence-electron chi connectivity index (χ4n) is 3.36. The predicted molar refractivity (Wildman–Crippen MR) is 109 cm³/mol. The zero-order valence-electron chi connectivity index (χ0n) is 15.3. The number of benzene rings is 1. The topological polar surface area (TPSA) is 73.4 Å². The average molecular weight is 440 g/mol. The molecule has 5 rings (SSSR count). The van der Waals surface area contributed by atoms with E-state index in [1.165, 1.54) is 5.56 Å². The number of nitrogens with zero attached hydrogens (tertiary/aromatic N) is 7. The average Bonchev–Trinajstić information content (AvgIpc) is 3.34. The van der Waals surface area contributed by atoms with E-state index in [-0.39, 0.29) is 0 Å². The Hall–Kier alpha value is -2.78. The van der Waals surface area contributed by atoms with Crippen LogP contribution in [0.5, 0.6) is 0 Å². The van der Waals surface area contributed by atoms with Crippen molar-refractivity contribution in [3.63, 3.8) is 0 Å². The molecule has 4 aromatic rings. The van der Waals surface area contributed by atoms with Crippen molar-refractivity contribution in [2.45, 2.75) is 6.92 Å². The van der Waals surface area contributed by atoms with E-state index in [0.29, 0.717) is 29.5 Å². The van der Waals surface area contributed by atoms with Gasteiger partial charge in [-0.05, 0) is 35.0 Å². The van der Waals surface area contributed by atoms with Gasteiger partial charge in [0.05, 0.1) is 18.9 Å². The smallest absolute Gasteiger partial charge is 0.257 e. The van der Waals surface area contributed by atoms with Crippen molar-refractivity contribution in [1.82, 2.24) is 29.4 Å². The summed E-state index contributed by atoms with van der Waals surface area (Å²) >= 11 is 3.36. The van der Waals surface area contributed by atoms with Gasteiger partial charge in [0.1, 0.15) is 5.82 Å². The molecule has 8 nitrogen and oxygen atoms in total. The van der Waals surface area contributed by atoms with E-state index < -0.39 is 0 Å². The number of halogens is 1. The predicted octanol–water partition coefficient (Wildman–Crippen LogP) is 2.88. The number of rotatable bonds is 3. The molecule has 0 N–H and O–H groups in total. The fraction of sp³-hybridized carbons (Fsp3) is 0.263. The molecule has 0 unspecified atom stereocenters. The molecule has 0 saturated carbocycles. The molecule has 9 heteroatoms. The van der Waals surface area contributed by atoms with Gasteiger partial charge in [0.15, 0.2) is 5.82 Å². The second-order valence-electron chi connectivity index (χ2n) is 6.68. The van der Waals surface area contributed by atoms with Crippen LogP contribution in [0, 0.1) is 6.92 Å². The maximum atomic E-state index is 5.49. The summed E-state index contributed by atoms with van der Waals surface area (Å²) in [6.45, 7) is 5.05. The number of hydrogen-bond donors (Lipinski definition) is 0. The van der Waals surface area contributed by atoms with E-state index >= 15 is 0 Å². The van der Waals surface area contributed by atoms with Crippen LogP contribution >= 0.6 is 15.9 Å². The van der Waals surface area contributed by atoms with E-state index in [9.17, 15) is 0 Å². The molecule has 0 spiro atoms. The van der Waals surface area contributed by atoms with E-state index in [4.69, 9.17) is 9.84 Å². The van der Waals surface area contributed by atoms with Crippen molar-refractivity contribution < 1.29 is 4.74 Å². The Labute approximate surface area is 169 Å². The Balaban J connectivity index is 1.59. The zero-order valence-corrected chi connectivity index (χ0v) is 16.9. The molecular formula is C19H18BrN7O.